The van der Waals surface area contributed by atoms with Gasteiger partial charge < -0.3 is 0 Å². The molecule has 0 aliphatic carbocycles. The van der Waals surface area contributed by atoms with Crippen molar-refractivity contribution in [2.45, 2.75) is 26.3 Å². The number of ketones is 1. The summed E-state index contributed by atoms with van der Waals surface area (Å²) in [7, 11) is 0. The number of carbonyl (C=O) groups is 1. The minimum Gasteiger partial charge on any atom is -0.293 e. The van der Waals surface area contributed by atoms with Gasteiger partial charge in [0, 0.05) is 6.92 Å². The first-order valence-corrected chi connectivity index (χ1v) is 3.18. The third-order valence-corrected chi connectivity index (χ3v) is 1.27. The molecule has 3 nitrogen and oxygen atoms in total. The number of hydrogen-bond acceptors (Lipinski definition) is 3. The van der Waals surface area contributed by atoms with Gasteiger partial charge in [-0.25, -0.2) is 0 Å². The molecule has 0 aromatic carbocycles. The van der Waals surface area contributed by atoms with Crippen molar-refractivity contribution in [2.24, 2.45) is 10.2 Å². The Labute approximate surface area is 59.8 Å². The predicted molar refractivity (Wildman–Crippen MR) is 37.7 cm³/mol. The Morgan fingerprint density at radius 2 is 2.20 bits per heavy atom. The fraction of sp³-hybridized carbons (Fsp3) is 0.571. The Morgan fingerprint density at radius 1 is 1.60 bits per heavy atom. The zero-order chi connectivity index (χ0) is 7.78. The summed E-state index contributed by atoms with van der Waals surface area (Å²) in [6.45, 7) is 5.31. The average Bonchev–Trinajstić information content (AvgIpc) is 2.10. The molecule has 0 radical (unpaired) electrons. The van der Waals surface area contributed by atoms with Crippen LogP contribution in [0.4, 0.5) is 0 Å². The summed E-state index contributed by atoms with van der Waals surface area (Å²) >= 11 is 0. The number of allylic oxidation sites excluding steroid dienone is 1. The highest BCUT2D eigenvalue weighted by Gasteiger charge is 2.21. The Bertz CT molecular complexity index is 226. The highest BCUT2D eigenvalue weighted by Crippen LogP contribution is 2.22. The van der Waals surface area contributed by atoms with Gasteiger partial charge in [-0.1, -0.05) is 0 Å². The fourth-order valence-electron chi connectivity index (χ4n) is 0.747. The van der Waals surface area contributed by atoms with Gasteiger partial charge >= 0.3 is 0 Å². The van der Waals surface area contributed by atoms with Gasteiger partial charge in [-0.05, 0) is 19.9 Å². The maximum Gasteiger partial charge on any atom is 0.179 e. The van der Waals surface area contributed by atoms with Gasteiger partial charge in [0.15, 0.2) is 5.78 Å². The highest BCUT2D eigenvalue weighted by molar-refractivity contribution is 5.93. The highest BCUT2D eigenvalue weighted by atomic mass is 16.1. The molecule has 1 heterocycles. The van der Waals surface area contributed by atoms with E-state index in [1.807, 2.05) is 13.8 Å². The predicted octanol–water partition coefficient (Wildman–Crippen LogP) is 1.70. The summed E-state index contributed by atoms with van der Waals surface area (Å²) < 4.78 is 0. The van der Waals surface area contributed by atoms with E-state index >= 15 is 0 Å². The van der Waals surface area contributed by atoms with Gasteiger partial charge in [0.2, 0.25) is 0 Å². The Balaban J connectivity index is 2.88. The van der Waals surface area contributed by atoms with Crippen molar-refractivity contribution in [1.82, 2.24) is 0 Å². The number of azo groups is 1. The summed E-state index contributed by atoms with van der Waals surface area (Å²) in [4.78, 5) is 10.7. The molecule has 0 unspecified atom stereocenters. The van der Waals surface area contributed by atoms with E-state index in [2.05, 4.69) is 10.2 Å². The molecule has 0 bridgehead atoms. The molecule has 1 aliphatic rings. The van der Waals surface area contributed by atoms with Crippen LogP contribution in [0.5, 0.6) is 0 Å². The van der Waals surface area contributed by atoms with Crippen molar-refractivity contribution < 1.29 is 4.79 Å². The van der Waals surface area contributed by atoms with Crippen LogP contribution in [0.2, 0.25) is 0 Å². The Hall–Kier alpha value is -0.990. The average molecular weight is 138 g/mol. The lowest BCUT2D eigenvalue weighted by molar-refractivity contribution is -0.113. The molecule has 0 spiro atoms. The maximum absolute atomic E-state index is 10.7. The molecule has 0 atom stereocenters. The van der Waals surface area contributed by atoms with Crippen LogP contribution in [0.1, 0.15) is 20.8 Å². The first-order valence-electron chi connectivity index (χ1n) is 3.18. The topological polar surface area (TPSA) is 41.8 Å². The second kappa shape index (κ2) is 2.01. The molecule has 0 saturated carbocycles. The molecule has 0 aromatic heterocycles. The first kappa shape index (κ1) is 7.12. The van der Waals surface area contributed by atoms with Gasteiger partial charge in [0.05, 0.1) is 5.54 Å². The summed E-state index contributed by atoms with van der Waals surface area (Å²) in [5, 5.41) is 7.61. The van der Waals surface area contributed by atoms with Crippen LogP contribution >= 0.6 is 0 Å². The second-order valence-corrected chi connectivity index (χ2v) is 2.94. The third kappa shape index (κ3) is 1.29. The summed E-state index contributed by atoms with van der Waals surface area (Å²) in [5.41, 5.74) is 0.200. The number of Topliss-reactive ketones (excluding diaryl/α,β-unsaturated/α-hetero) is 1. The van der Waals surface area contributed by atoms with Crippen LogP contribution in [-0.2, 0) is 4.79 Å². The molecular formula is C7H10N2O. The maximum atomic E-state index is 10.7. The number of rotatable bonds is 1. The monoisotopic (exact) mass is 138 g/mol. The van der Waals surface area contributed by atoms with Crippen molar-refractivity contribution >= 4 is 5.78 Å². The van der Waals surface area contributed by atoms with E-state index in [4.69, 9.17) is 0 Å². The summed E-state index contributed by atoms with van der Waals surface area (Å²) in [6, 6.07) is 0. The lowest BCUT2D eigenvalue weighted by Crippen LogP contribution is -2.08. The van der Waals surface area contributed by atoms with Crippen LogP contribution in [0.15, 0.2) is 22.0 Å². The molecule has 1 rings (SSSR count). The van der Waals surface area contributed by atoms with E-state index in [1.165, 1.54) is 6.92 Å². The van der Waals surface area contributed by atoms with E-state index in [-0.39, 0.29) is 11.3 Å². The van der Waals surface area contributed by atoms with Crippen LogP contribution in [0, 0.1) is 0 Å². The van der Waals surface area contributed by atoms with Crippen molar-refractivity contribution in [2.75, 3.05) is 0 Å². The van der Waals surface area contributed by atoms with Crippen LogP contribution in [0.3, 0.4) is 0 Å². The van der Waals surface area contributed by atoms with E-state index in [1.54, 1.807) is 6.08 Å². The van der Waals surface area contributed by atoms with Crippen molar-refractivity contribution in [1.29, 1.82) is 0 Å². The molecule has 3 heteroatoms. The molecule has 0 N–H and O–H groups in total. The number of hydrogen-bond donors (Lipinski definition) is 0. The smallest absolute Gasteiger partial charge is 0.179 e. The summed E-state index contributed by atoms with van der Waals surface area (Å²) in [5.74, 6) is -0.0191. The largest absolute Gasteiger partial charge is 0.293 e. The lowest BCUT2D eigenvalue weighted by Gasteiger charge is -2.04. The second-order valence-electron chi connectivity index (χ2n) is 2.94. The van der Waals surface area contributed by atoms with Gasteiger partial charge in [-0.3, -0.25) is 4.79 Å². The zero-order valence-electron chi connectivity index (χ0n) is 6.38. The van der Waals surface area contributed by atoms with E-state index in [9.17, 15) is 4.79 Å². The quantitative estimate of drug-likeness (QED) is 0.543. The van der Waals surface area contributed by atoms with Crippen molar-refractivity contribution in [3.8, 4) is 0 Å². The lowest BCUT2D eigenvalue weighted by atomic mass is 10.1. The number of nitrogens with zero attached hydrogens (tertiary/aromatic N) is 2. The molecular weight excluding hydrogens is 128 g/mol. The van der Waals surface area contributed by atoms with E-state index in [0.717, 1.165) is 0 Å². The van der Waals surface area contributed by atoms with Crippen LogP contribution in [0.25, 0.3) is 0 Å². The Kier molecular flexibility index (Phi) is 1.43. The minimum absolute atomic E-state index is 0.0191. The normalized spacial score (nSPS) is 20.9. The van der Waals surface area contributed by atoms with Gasteiger partial charge in [-0.2, -0.15) is 10.2 Å². The zero-order valence-corrected chi connectivity index (χ0v) is 6.38. The van der Waals surface area contributed by atoms with Crippen LogP contribution in [-0.4, -0.2) is 11.3 Å². The summed E-state index contributed by atoms with van der Waals surface area (Å²) in [6.07, 6.45) is 1.77. The van der Waals surface area contributed by atoms with Crippen molar-refractivity contribution in [3.05, 3.63) is 11.8 Å². The standard InChI is InChI=1S/C7H10N2O/c1-5(10)6-4-7(2,3)9-8-6/h4H,1-3H3. The van der Waals surface area contributed by atoms with Crippen LogP contribution < -0.4 is 0 Å². The Morgan fingerprint density at radius 3 is 2.40 bits per heavy atom. The SMILES string of the molecule is CC(=O)C1=CC(C)(C)N=N1. The van der Waals surface area contributed by atoms with Gasteiger partial charge in [-0.15, -0.1) is 0 Å². The molecule has 0 amide bonds. The van der Waals surface area contributed by atoms with Gasteiger partial charge in [0.1, 0.15) is 5.70 Å². The fourth-order valence-corrected chi connectivity index (χ4v) is 0.747. The van der Waals surface area contributed by atoms with E-state index in [0.29, 0.717) is 5.70 Å². The molecule has 0 fully saturated rings. The number of carbonyl (C=O) groups excluding carboxylic acids is 1. The third-order valence-electron chi connectivity index (χ3n) is 1.27. The van der Waals surface area contributed by atoms with E-state index < -0.39 is 0 Å². The molecule has 10 heavy (non-hydrogen) atoms. The molecule has 0 aromatic rings. The molecule has 1 aliphatic heterocycles. The molecule has 0 saturated heterocycles. The minimum atomic E-state index is -0.277. The first-order chi connectivity index (χ1) is 4.51. The molecule has 54 valence electrons. The van der Waals surface area contributed by atoms with Gasteiger partial charge in [0.25, 0.3) is 0 Å². The van der Waals surface area contributed by atoms with Crippen molar-refractivity contribution in [3.63, 3.8) is 0 Å².